The minimum atomic E-state index is -0.383. The highest BCUT2D eigenvalue weighted by atomic mass is 16.6. The van der Waals surface area contributed by atoms with Gasteiger partial charge in [-0.3, -0.25) is 10.1 Å². The van der Waals surface area contributed by atoms with E-state index >= 15 is 0 Å². The molecule has 0 aliphatic carbocycles. The number of aromatic nitrogens is 1. The maximum absolute atomic E-state index is 10.9. The van der Waals surface area contributed by atoms with Crippen molar-refractivity contribution in [3.05, 3.63) is 63.8 Å². The van der Waals surface area contributed by atoms with Gasteiger partial charge in [-0.2, -0.15) is 0 Å². The molecule has 1 saturated heterocycles. The van der Waals surface area contributed by atoms with Crippen molar-refractivity contribution in [3.63, 3.8) is 0 Å². The van der Waals surface area contributed by atoms with Crippen LogP contribution in [0.4, 0.5) is 11.5 Å². The summed E-state index contributed by atoms with van der Waals surface area (Å²) in [6.07, 6.45) is 2.09. The Morgan fingerprint density at radius 1 is 1.21 bits per heavy atom. The van der Waals surface area contributed by atoms with Gasteiger partial charge in [0.1, 0.15) is 11.5 Å². The van der Waals surface area contributed by atoms with E-state index in [4.69, 9.17) is 0 Å². The first-order valence-electron chi connectivity index (χ1n) is 8.28. The number of hydrogen-bond donors (Lipinski definition) is 1. The van der Waals surface area contributed by atoms with Crippen LogP contribution in [-0.2, 0) is 6.54 Å². The summed E-state index contributed by atoms with van der Waals surface area (Å²) in [6, 6.07) is 14.2. The van der Waals surface area contributed by atoms with Crippen LogP contribution in [0, 0.1) is 17.0 Å². The zero-order valence-corrected chi connectivity index (χ0v) is 13.8. The number of aryl methyl sites for hydroxylation is 1. The van der Waals surface area contributed by atoms with E-state index in [0.717, 1.165) is 38.3 Å². The Hall–Kier alpha value is -2.47. The lowest BCUT2D eigenvalue weighted by Crippen LogP contribution is -2.42. The van der Waals surface area contributed by atoms with E-state index in [1.165, 1.54) is 5.56 Å². The molecule has 0 unspecified atom stereocenters. The lowest BCUT2D eigenvalue weighted by molar-refractivity contribution is -0.385. The Bertz CT molecular complexity index is 697. The summed E-state index contributed by atoms with van der Waals surface area (Å²) in [5.74, 6) is 0.833. The van der Waals surface area contributed by atoms with E-state index < -0.39 is 0 Å². The van der Waals surface area contributed by atoms with E-state index in [2.05, 4.69) is 39.5 Å². The third kappa shape index (κ3) is 3.89. The van der Waals surface area contributed by atoms with Crippen LogP contribution in [0.15, 0.2) is 42.5 Å². The van der Waals surface area contributed by atoms with Crippen molar-refractivity contribution in [2.24, 2.45) is 0 Å². The van der Waals surface area contributed by atoms with Gasteiger partial charge in [0.15, 0.2) is 0 Å². The van der Waals surface area contributed by atoms with Crippen LogP contribution in [0.3, 0.4) is 0 Å². The van der Waals surface area contributed by atoms with Crippen LogP contribution in [0.25, 0.3) is 0 Å². The Kier molecular flexibility index (Phi) is 5.05. The van der Waals surface area contributed by atoms with E-state index in [0.29, 0.717) is 11.7 Å². The van der Waals surface area contributed by atoms with Crippen molar-refractivity contribution < 1.29 is 4.92 Å². The third-order valence-electron chi connectivity index (χ3n) is 4.50. The zero-order chi connectivity index (χ0) is 16.9. The highest BCUT2D eigenvalue weighted by Crippen LogP contribution is 2.23. The SMILES string of the molecule is Cc1nc(N2CCC(NCc3ccccc3)CC2)ccc1[N+](=O)[O-]. The van der Waals surface area contributed by atoms with Crippen molar-refractivity contribution in [3.8, 4) is 0 Å². The molecule has 126 valence electrons. The number of anilines is 1. The number of rotatable bonds is 5. The Balaban J connectivity index is 1.53. The summed E-state index contributed by atoms with van der Waals surface area (Å²) in [5.41, 5.74) is 1.85. The predicted octanol–water partition coefficient (Wildman–Crippen LogP) is 3.06. The molecule has 3 rings (SSSR count). The topological polar surface area (TPSA) is 71.3 Å². The minimum absolute atomic E-state index is 0.0816. The molecule has 6 heteroatoms. The molecular formula is C18H22N4O2. The van der Waals surface area contributed by atoms with Gasteiger partial charge >= 0.3 is 0 Å². The maximum atomic E-state index is 10.9. The van der Waals surface area contributed by atoms with Gasteiger partial charge in [0.2, 0.25) is 0 Å². The van der Waals surface area contributed by atoms with E-state index in [1.807, 2.05) is 6.07 Å². The monoisotopic (exact) mass is 326 g/mol. The minimum Gasteiger partial charge on any atom is -0.356 e. The molecule has 2 aromatic rings. The van der Waals surface area contributed by atoms with Crippen LogP contribution in [-0.4, -0.2) is 29.0 Å². The first kappa shape index (κ1) is 16.4. The number of pyridine rings is 1. The van der Waals surface area contributed by atoms with Crippen LogP contribution < -0.4 is 10.2 Å². The number of piperidine rings is 1. The molecule has 1 N–H and O–H groups in total. The first-order chi connectivity index (χ1) is 11.6. The van der Waals surface area contributed by atoms with E-state index in [1.54, 1.807) is 19.1 Å². The summed E-state index contributed by atoms with van der Waals surface area (Å²) < 4.78 is 0. The summed E-state index contributed by atoms with van der Waals surface area (Å²) >= 11 is 0. The molecule has 1 aromatic carbocycles. The maximum Gasteiger partial charge on any atom is 0.290 e. The lowest BCUT2D eigenvalue weighted by atomic mass is 10.0. The van der Waals surface area contributed by atoms with Gasteiger partial charge in [-0.25, -0.2) is 4.98 Å². The highest BCUT2D eigenvalue weighted by molar-refractivity contribution is 5.47. The van der Waals surface area contributed by atoms with Gasteiger partial charge in [-0.15, -0.1) is 0 Å². The van der Waals surface area contributed by atoms with Gasteiger partial charge in [0, 0.05) is 31.7 Å². The number of benzene rings is 1. The molecule has 24 heavy (non-hydrogen) atoms. The number of hydrogen-bond acceptors (Lipinski definition) is 5. The number of nitrogens with zero attached hydrogens (tertiary/aromatic N) is 3. The Labute approximate surface area is 141 Å². The molecule has 0 saturated carbocycles. The summed E-state index contributed by atoms with van der Waals surface area (Å²) in [6.45, 7) is 4.41. The second-order valence-corrected chi connectivity index (χ2v) is 6.16. The van der Waals surface area contributed by atoms with E-state index in [-0.39, 0.29) is 10.6 Å². The van der Waals surface area contributed by atoms with Gasteiger partial charge in [-0.1, -0.05) is 30.3 Å². The molecule has 0 bridgehead atoms. The molecule has 1 fully saturated rings. The molecule has 2 heterocycles. The lowest BCUT2D eigenvalue weighted by Gasteiger charge is -2.33. The molecule has 1 aromatic heterocycles. The van der Waals surface area contributed by atoms with Crippen LogP contribution in [0.5, 0.6) is 0 Å². The second kappa shape index (κ2) is 7.40. The van der Waals surface area contributed by atoms with Gasteiger partial charge in [0.25, 0.3) is 5.69 Å². The van der Waals surface area contributed by atoms with Crippen molar-refractivity contribution >= 4 is 11.5 Å². The molecule has 0 amide bonds. The number of nitro groups is 1. The molecule has 1 aliphatic heterocycles. The fourth-order valence-electron chi connectivity index (χ4n) is 3.08. The third-order valence-corrected chi connectivity index (χ3v) is 4.50. The summed E-state index contributed by atoms with van der Waals surface area (Å²) in [7, 11) is 0. The van der Waals surface area contributed by atoms with Gasteiger partial charge in [-0.05, 0) is 31.4 Å². The van der Waals surface area contributed by atoms with Gasteiger partial charge < -0.3 is 10.2 Å². The molecule has 6 nitrogen and oxygen atoms in total. The van der Waals surface area contributed by atoms with Gasteiger partial charge in [0.05, 0.1) is 4.92 Å². The Morgan fingerprint density at radius 2 is 1.92 bits per heavy atom. The van der Waals surface area contributed by atoms with Crippen molar-refractivity contribution in [1.29, 1.82) is 0 Å². The average molecular weight is 326 g/mol. The molecule has 0 atom stereocenters. The normalized spacial score (nSPS) is 15.5. The first-order valence-corrected chi connectivity index (χ1v) is 8.28. The fourth-order valence-corrected chi connectivity index (χ4v) is 3.08. The summed E-state index contributed by atoms with van der Waals surface area (Å²) in [5, 5.41) is 14.5. The molecule has 0 radical (unpaired) electrons. The van der Waals surface area contributed by atoms with Crippen LogP contribution in [0.1, 0.15) is 24.1 Å². The molecular weight excluding hydrogens is 304 g/mol. The standard InChI is InChI=1S/C18H22N4O2/c1-14-17(22(23)24)7-8-18(20-14)21-11-9-16(10-12-21)19-13-15-5-3-2-4-6-15/h2-8,16,19H,9-13H2,1H3. The molecule has 1 aliphatic rings. The smallest absolute Gasteiger partial charge is 0.290 e. The van der Waals surface area contributed by atoms with Crippen molar-refractivity contribution in [1.82, 2.24) is 10.3 Å². The van der Waals surface area contributed by atoms with Crippen LogP contribution in [0.2, 0.25) is 0 Å². The fraction of sp³-hybridized carbons (Fsp3) is 0.389. The largest absolute Gasteiger partial charge is 0.356 e. The zero-order valence-electron chi connectivity index (χ0n) is 13.8. The van der Waals surface area contributed by atoms with Crippen LogP contribution >= 0.6 is 0 Å². The predicted molar refractivity (Wildman–Crippen MR) is 94.1 cm³/mol. The molecule has 0 spiro atoms. The highest BCUT2D eigenvalue weighted by Gasteiger charge is 2.21. The Morgan fingerprint density at radius 3 is 2.54 bits per heavy atom. The summed E-state index contributed by atoms with van der Waals surface area (Å²) in [4.78, 5) is 17.1. The van der Waals surface area contributed by atoms with Crippen molar-refractivity contribution in [2.45, 2.75) is 32.4 Å². The van der Waals surface area contributed by atoms with E-state index in [9.17, 15) is 10.1 Å². The van der Waals surface area contributed by atoms with Crippen molar-refractivity contribution in [2.75, 3.05) is 18.0 Å². The quantitative estimate of drug-likeness (QED) is 0.675. The second-order valence-electron chi connectivity index (χ2n) is 6.16. The average Bonchev–Trinajstić information content (AvgIpc) is 2.61. The number of nitrogens with one attached hydrogen (secondary N) is 1.